The normalized spacial score (nSPS) is 20.1. The summed E-state index contributed by atoms with van der Waals surface area (Å²) < 4.78 is 5.45. The number of nitrogens with one attached hydrogen (secondary N) is 2. The van der Waals surface area contributed by atoms with Gasteiger partial charge in [0, 0.05) is 31.6 Å². The molecule has 2 aromatic heterocycles. The highest BCUT2D eigenvalue weighted by atomic mass is 16.5. The number of pyridine rings is 1. The third-order valence-electron chi connectivity index (χ3n) is 4.39. The molecule has 0 spiro atoms. The Morgan fingerprint density at radius 3 is 3.00 bits per heavy atom. The number of aliphatic hydroxyl groups is 1. The van der Waals surface area contributed by atoms with Gasteiger partial charge in [0.1, 0.15) is 11.3 Å². The molecule has 9 nitrogen and oxygen atoms in total. The Morgan fingerprint density at radius 1 is 1.37 bits per heavy atom. The molecule has 2 aromatic rings. The van der Waals surface area contributed by atoms with Crippen molar-refractivity contribution in [1.82, 2.24) is 25.4 Å². The van der Waals surface area contributed by atoms with Gasteiger partial charge in [-0.3, -0.25) is 19.7 Å². The van der Waals surface area contributed by atoms with Crippen molar-refractivity contribution in [3.63, 3.8) is 0 Å². The van der Waals surface area contributed by atoms with E-state index < -0.39 is 5.60 Å². The Hall–Kier alpha value is -2.78. The minimum Gasteiger partial charge on any atom is -0.384 e. The summed E-state index contributed by atoms with van der Waals surface area (Å²) in [5.74, 6) is -0.442. The molecule has 27 heavy (non-hydrogen) atoms. The third-order valence-corrected chi connectivity index (χ3v) is 4.39. The molecule has 0 bridgehead atoms. The van der Waals surface area contributed by atoms with E-state index in [1.165, 1.54) is 12.3 Å². The van der Waals surface area contributed by atoms with E-state index in [1.54, 1.807) is 17.3 Å². The number of β-amino-alcohol motifs (C(OH)–C–C–N with tert-alkyl or cyclic N) is 1. The van der Waals surface area contributed by atoms with Crippen molar-refractivity contribution in [3.05, 3.63) is 48.0 Å². The lowest BCUT2D eigenvalue weighted by Gasteiger charge is -2.31. The van der Waals surface area contributed by atoms with Gasteiger partial charge < -0.3 is 20.1 Å². The van der Waals surface area contributed by atoms with E-state index in [1.807, 2.05) is 12.1 Å². The quantitative estimate of drug-likeness (QED) is 0.643. The summed E-state index contributed by atoms with van der Waals surface area (Å²) in [6.07, 6.45) is 5.80. The summed E-state index contributed by atoms with van der Waals surface area (Å²) in [7, 11) is 0. The zero-order valence-electron chi connectivity index (χ0n) is 14.9. The number of carbonyl (C=O) groups is 2. The number of carbonyl (C=O) groups excluding carboxylic acids is 2. The number of amides is 2. The van der Waals surface area contributed by atoms with Crippen LogP contribution in [0.15, 0.2) is 36.8 Å². The van der Waals surface area contributed by atoms with Crippen LogP contribution in [0.25, 0.3) is 0 Å². The molecule has 1 saturated heterocycles. The van der Waals surface area contributed by atoms with Crippen LogP contribution >= 0.6 is 0 Å². The number of aromatic nitrogens is 3. The van der Waals surface area contributed by atoms with Crippen molar-refractivity contribution in [2.45, 2.75) is 18.4 Å². The Balaban J connectivity index is 1.55. The first-order valence-corrected chi connectivity index (χ1v) is 8.80. The lowest BCUT2D eigenvalue weighted by molar-refractivity contribution is -0.133. The Morgan fingerprint density at radius 2 is 2.26 bits per heavy atom. The fourth-order valence-electron chi connectivity index (χ4n) is 2.91. The second kappa shape index (κ2) is 8.74. The number of hydrogen-bond donors (Lipinski definition) is 3. The predicted octanol–water partition coefficient (Wildman–Crippen LogP) is -0.243. The molecule has 0 saturated carbocycles. The monoisotopic (exact) mass is 373 g/mol. The minimum absolute atomic E-state index is 0.0305. The van der Waals surface area contributed by atoms with E-state index >= 15 is 0 Å². The van der Waals surface area contributed by atoms with Crippen LogP contribution in [-0.4, -0.2) is 75.5 Å². The minimum atomic E-state index is -1.35. The molecule has 1 atom stereocenters. The maximum absolute atomic E-state index is 12.6. The molecule has 3 N–H and O–H groups in total. The Bertz CT molecular complexity index is 752. The summed E-state index contributed by atoms with van der Waals surface area (Å²) in [5.41, 5.74) is -0.0626. The molecule has 3 heterocycles. The van der Waals surface area contributed by atoms with E-state index in [0.29, 0.717) is 31.7 Å². The first-order chi connectivity index (χ1) is 13.1. The molecule has 2 amide bonds. The number of ether oxygens (including phenoxy) is 1. The lowest BCUT2D eigenvalue weighted by Crippen LogP contribution is -2.53. The molecule has 1 fully saturated rings. The van der Waals surface area contributed by atoms with E-state index in [0.717, 1.165) is 5.56 Å². The van der Waals surface area contributed by atoms with Crippen molar-refractivity contribution in [2.75, 3.05) is 32.8 Å². The van der Waals surface area contributed by atoms with E-state index in [-0.39, 0.29) is 31.5 Å². The SMILES string of the molecule is O=C(NCC1(O)COCCN(C(=O)CCc2cccnc2)C1)c1ccn[nH]1. The van der Waals surface area contributed by atoms with Gasteiger partial charge in [-0.05, 0) is 24.1 Å². The van der Waals surface area contributed by atoms with Gasteiger partial charge in [0.2, 0.25) is 5.91 Å². The van der Waals surface area contributed by atoms with Gasteiger partial charge >= 0.3 is 0 Å². The number of aromatic amines is 1. The number of aryl methyl sites for hydroxylation is 1. The molecule has 1 aliphatic rings. The first-order valence-electron chi connectivity index (χ1n) is 8.80. The van der Waals surface area contributed by atoms with Crippen LogP contribution in [0.4, 0.5) is 0 Å². The number of hydrogen-bond acceptors (Lipinski definition) is 6. The number of nitrogens with zero attached hydrogens (tertiary/aromatic N) is 3. The number of H-pyrrole nitrogens is 1. The van der Waals surface area contributed by atoms with Crippen molar-refractivity contribution >= 4 is 11.8 Å². The van der Waals surface area contributed by atoms with Crippen LogP contribution < -0.4 is 5.32 Å². The molecule has 0 aliphatic carbocycles. The molecule has 0 radical (unpaired) electrons. The molecule has 0 aromatic carbocycles. The maximum atomic E-state index is 12.6. The van der Waals surface area contributed by atoms with Gasteiger partial charge in [0.25, 0.3) is 5.91 Å². The predicted molar refractivity (Wildman–Crippen MR) is 95.8 cm³/mol. The molecular weight excluding hydrogens is 350 g/mol. The van der Waals surface area contributed by atoms with Gasteiger partial charge in [0.15, 0.2) is 0 Å². The first kappa shape index (κ1) is 19.0. The second-order valence-electron chi connectivity index (χ2n) is 6.61. The fourth-order valence-corrected chi connectivity index (χ4v) is 2.91. The zero-order chi connectivity index (χ0) is 19.1. The van der Waals surface area contributed by atoms with Crippen molar-refractivity contribution in [2.24, 2.45) is 0 Å². The highest BCUT2D eigenvalue weighted by Gasteiger charge is 2.34. The highest BCUT2D eigenvalue weighted by Crippen LogP contribution is 2.14. The van der Waals surface area contributed by atoms with Crippen LogP contribution in [0.1, 0.15) is 22.5 Å². The van der Waals surface area contributed by atoms with Crippen LogP contribution in [0.5, 0.6) is 0 Å². The van der Waals surface area contributed by atoms with Crippen LogP contribution in [0.2, 0.25) is 0 Å². The standard InChI is InChI=1S/C18H23N5O4/c24-16(4-3-14-2-1-6-19-10-14)23-8-9-27-13-18(26,12-23)11-20-17(25)15-5-7-21-22-15/h1-2,5-7,10,26H,3-4,8-9,11-13H2,(H,20,25)(H,21,22). The molecule has 1 aliphatic heterocycles. The van der Waals surface area contributed by atoms with Crippen LogP contribution in [0, 0.1) is 0 Å². The van der Waals surface area contributed by atoms with Gasteiger partial charge in [-0.1, -0.05) is 6.07 Å². The van der Waals surface area contributed by atoms with Gasteiger partial charge in [-0.25, -0.2) is 0 Å². The van der Waals surface area contributed by atoms with Crippen molar-refractivity contribution in [1.29, 1.82) is 0 Å². The van der Waals surface area contributed by atoms with Crippen molar-refractivity contribution < 1.29 is 19.4 Å². The lowest BCUT2D eigenvalue weighted by atomic mass is 10.0. The topological polar surface area (TPSA) is 120 Å². The third kappa shape index (κ3) is 5.35. The summed E-state index contributed by atoms with van der Waals surface area (Å²) in [6, 6.07) is 5.30. The second-order valence-corrected chi connectivity index (χ2v) is 6.61. The largest absolute Gasteiger partial charge is 0.384 e. The van der Waals surface area contributed by atoms with Crippen LogP contribution in [0.3, 0.4) is 0 Å². The molecule has 1 unspecified atom stereocenters. The summed E-state index contributed by atoms with van der Waals surface area (Å²) in [5, 5.41) is 19.8. The van der Waals surface area contributed by atoms with Gasteiger partial charge in [-0.15, -0.1) is 0 Å². The molecular formula is C18H23N5O4. The van der Waals surface area contributed by atoms with E-state index in [4.69, 9.17) is 4.74 Å². The maximum Gasteiger partial charge on any atom is 0.269 e. The van der Waals surface area contributed by atoms with Gasteiger partial charge in [0.05, 0.1) is 26.3 Å². The van der Waals surface area contributed by atoms with E-state index in [2.05, 4.69) is 20.5 Å². The molecule has 3 rings (SSSR count). The average Bonchev–Trinajstić information content (AvgIpc) is 3.15. The smallest absolute Gasteiger partial charge is 0.269 e. The summed E-state index contributed by atoms with van der Waals surface area (Å²) in [4.78, 5) is 30.2. The zero-order valence-corrected chi connectivity index (χ0v) is 14.9. The summed E-state index contributed by atoms with van der Waals surface area (Å²) in [6.45, 7) is 0.861. The highest BCUT2D eigenvalue weighted by molar-refractivity contribution is 5.92. The summed E-state index contributed by atoms with van der Waals surface area (Å²) >= 11 is 0. The molecule has 144 valence electrons. The van der Waals surface area contributed by atoms with Gasteiger partial charge in [-0.2, -0.15) is 5.10 Å². The van der Waals surface area contributed by atoms with Crippen LogP contribution in [-0.2, 0) is 16.0 Å². The van der Waals surface area contributed by atoms with E-state index in [9.17, 15) is 14.7 Å². The molecule has 9 heteroatoms. The Kier molecular flexibility index (Phi) is 6.15. The number of rotatable bonds is 6. The average molecular weight is 373 g/mol. The van der Waals surface area contributed by atoms with Crippen molar-refractivity contribution in [3.8, 4) is 0 Å². The Labute approximate surface area is 156 Å². The fraction of sp³-hybridized carbons (Fsp3) is 0.444.